The van der Waals surface area contributed by atoms with Crippen molar-refractivity contribution in [3.63, 3.8) is 0 Å². The summed E-state index contributed by atoms with van der Waals surface area (Å²) in [6, 6.07) is 10.7. The zero-order valence-corrected chi connectivity index (χ0v) is 11.0. The van der Waals surface area contributed by atoms with Crippen LogP contribution in [0.25, 0.3) is 0 Å². The van der Waals surface area contributed by atoms with E-state index in [1.54, 1.807) is 28.8 Å². The first kappa shape index (κ1) is 13.1. The monoisotopic (exact) mass is 256 g/mol. The van der Waals surface area contributed by atoms with Gasteiger partial charge >= 0.3 is 0 Å². The number of carbonyl (C=O) groups excluding carboxylic acids is 1. The lowest BCUT2D eigenvalue weighted by molar-refractivity contribution is 0.101. The maximum Gasteiger partial charge on any atom is 0.261 e. The Morgan fingerprint density at radius 3 is 2.37 bits per heavy atom. The molecule has 0 unspecified atom stereocenters. The van der Waals surface area contributed by atoms with Crippen molar-refractivity contribution in [2.24, 2.45) is 0 Å². The van der Waals surface area contributed by atoms with Crippen LogP contribution in [0.2, 0.25) is 0 Å². The highest BCUT2D eigenvalue weighted by molar-refractivity contribution is 5.93. The van der Waals surface area contributed by atoms with Gasteiger partial charge in [0, 0.05) is 11.4 Å². The van der Waals surface area contributed by atoms with Crippen LogP contribution in [0.15, 0.2) is 41.2 Å². The van der Waals surface area contributed by atoms with E-state index in [1.807, 2.05) is 19.1 Å². The third-order valence-electron chi connectivity index (χ3n) is 3.09. The molecule has 2 N–H and O–H groups in total. The zero-order valence-electron chi connectivity index (χ0n) is 11.0. The average Bonchev–Trinajstić information content (AvgIpc) is 2.36. The molecule has 0 aliphatic rings. The lowest BCUT2D eigenvalue weighted by Gasteiger charge is -2.11. The van der Waals surface area contributed by atoms with Crippen LogP contribution in [0.5, 0.6) is 0 Å². The van der Waals surface area contributed by atoms with Crippen LogP contribution in [0, 0.1) is 6.92 Å². The predicted octanol–water partition coefficient (Wildman–Crippen LogP) is 1.99. The average molecular weight is 256 g/mol. The number of carbonyl (C=O) groups is 1. The smallest absolute Gasteiger partial charge is 0.261 e. The van der Waals surface area contributed by atoms with Crippen molar-refractivity contribution in [3.05, 3.63) is 63.6 Å². The van der Waals surface area contributed by atoms with Crippen LogP contribution in [-0.2, 0) is 6.54 Å². The summed E-state index contributed by atoms with van der Waals surface area (Å²) in [7, 11) is 0. The Morgan fingerprint density at radius 1 is 1.16 bits per heavy atom. The normalized spacial score (nSPS) is 10.4. The van der Waals surface area contributed by atoms with Gasteiger partial charge in [-0.05, 0) is 43.7 Å². The van der Waals surface area contributed by atoms with Gasteiger partial charge in [-0.15, -0.1) is 0 Å². The molecule has 0 atom stereocenters. The SMILES string of the molecule is CC(=O)c1ccc(C)n(Cc2ccc(N)cc2)c1=O. The van der Waals surface area contributed by atoms with E-state index in [9.17, 15) is 9.59 Å². The highest BCUT2D eigenvalue weighted by Crippen LogP contribution is 2.08. The topological polar surface area (TPSA) is 65.1 Å². The van der Waals surface area contributed by atoms with Gasteiger partial charge in [-0.2, -0.15) is 0 Å². The lowest BCUT2D eigenvalue weighted by atomic mass is 10.1. The Kier molecular flexibility index (Phi) is 3.51. The minimum atomic E-state index is -0.246. The van der Waals surface area contributed by atoms with Crippen molar-refractivity contribution in [3.8, 4) is 0 Å². The fourth-order valence-electron chi connectivity index (χ4n) is 1.94. The number of aryl methyl sites for hydroxylation is 1. The molecular weight excluding hydrogens is 240 g/mol. The van der Waals surface area contributed by atoms with E-state index in [4.69, 9.17) is 5.73 Å². The van der Waals surface area contributed by atoms with Crippen LogP contribution in [0.4, 0.5) is 5.69 Å². The van der Waals surface area contributed by atoms with E-state index in [1.165, 1.54) is 6.92 Å². The second kappa shape index (κ2) is 5.10. The van der Waals surface area contributed by atoms with E-state index in [-0.39, 0.29) is 16.9 Å². The quantitative estimate of drug-likeness (QED) is 0.674. The van der Waals surface area contributed by atoms with Crippen molar-refractivity contribution in [2.75, 3.05) is 5.73 Å². The molecule has 19 heavy (non-hydrogen) atoms. The van der Waals surface area contributed by atoms with Crippen LogP contribution < -0.4 is 11.3 Å². The maximum absolute atomic E-state index is 12.2. The fraction of sp³-hybridized carbons (Fsp3) is 0.200. The third kappa shape index (κ3) is 2.73. The van der Waals surface area contributed by atoms with Gasteiger partial charge in [-0.3, -0.25) is 9.59 Å². The van der Waals surface area contributed by atoms with Gasteiger partial charge in [0.25, 0.3) is 5.56 Å². The first-order chi connectivity index (χ1) is 8.99. The van der Waals surface area contributed by atoms with Gasteiger partial charge in [0.05, 0.1) is 12.1 Å². The molecule has 0 spiro atoms. The van der Waals surface area contributed by atoms with Crippen LogP contribution in [-0.4, -0.2) is 10.4 Å². The van der Waals surface area contributed by atoms with Crippen LogP contribution in [0.1, 0.15) is 28.5 Å². The molecule has 0 saturated heterocycles. The molecule has 4 nitrogen and oxygen atoms in total. The number of aromatic nitrogens is 1. The van der Waals surface area contributed by atoms with E-state index in [0.29, 0.717) is 12.2 Å². The van der Waals surface area contributed by atoms with Gasteiger partial charge in [0.2, 0.25) is 0 Å². The molecule has 2 aromatic rings. The maximum atomic E-state index is 12.2. The van der Waals surface area contributed by atoms with Crippen molar-refractivity contribution in [2.45, 2.75) is 20.4 Å². The number of nitrogens with two attached hydrogens (primary N) is 1. The molecule has 0 aliphatic heterocycles. The molecular formula is C15H16N2O2. The Balaban J connectivity index is 2.45. The highest BCUT2D eigenvalue weighted by Gasteiger charge is 2.10. The molecule has 1 heterocycles. The number of nitrogens with zero attached hydrogens (tertiary/aromatic N) is 1. The molecule has 98 valence electrons. The van der Waals surface area contributed by atoms with Crippen molar-refractivity contribution >= 4 is 11.5 Å². The molecule has 0 saturated carbocycles. The Bertz CT molecular complexity index is 670. The molecule has 0 amide bonds. The molecule has 4 heteroatoms. The van der Waals surface area contributed by atoms with Crippen LogP contribution >= 0.6 is 0 Å². The fourth-order valence-corrected chi connectivity index (χ4v) is 1.94. The van der Waals surface area contributed by atoms with Gasteiger partial charge in [0.1, 0.15) is 0 Å². The Morgan fingerprint density at radius 2 is 1.79 bits per heavy atom. The zero-order chi connectivity index (χ0) is 14.0. The summed E-state index contributed by atoms with van der Waals surface area (Å²) in [4.78, 5) is 23.6. The number of hydrogen-bond acceptors (Lipinski definition) is 3. The van der Waals surface area contributed by atoms with E-state index in [2.05, 4.69) is 0 Å². The Labute approximate surface area is 111 Å². The third-order valence-corrected chi connectivity index (χ3v) is 3.09. The molecule has 0 aliphatic carbocycles. The van der Waals surface area contributed by atoms with Gasteiger partial charge in [0.15, 0.2) is 5.78 Å². The lowest BCUT2D eigenvalue weighted by Crippen LogP contribution is -2.27. The summed E-state index contributed by atoms with van der Waals surface area (Å²) in [5, 5.41) is 0. The largest absolute Gasteiger partial charge is 0.399 e. The van der Waals surface area contributed by atoms with Gasteiger partial charge in [-0.25, -0.2) is 0 Å². The molecule has 0 radical (unpaired) electrons. The number of benzene rings is 1. The summed E-state index contributed by atoms with van der Waals surface area (Å²) >= 11 is 0. The highest BCUT2D eigenvalue weighted by atomic mass is 16.1. The number of anilines is 1. The number of Topliss-reactive ketones (excluding diaryl/α,β-unsaturated/α-hetero) is 1. The van der Waals surface area contributed by atoms with Gasteiger partial charge in [-0.1, -0.05) is 12.1 Å². The minimum Gasteiger partial charge on any atom is -0.399 e. The van der Waals surface area contributed by atoms with Crippen LogP contribution in [0.3, 0.4) is 0 Å². The summed E-state index contributed by atoms with van der Waals surface area (Å²) in [6.45, 7) is 3.69. The minimum absolute atomic E-state index is 0.212. The van der Waals surface area contributed by atoms with Crippen molar-refractivity contribution < 1.29 is 4.79 Å². The van der Waals surface area contributed by atoms with Crippen molar-refractivity contribution in [1.29, 1.82) is 0 Å². The number of nitrogen functional groups attached to an aromatic ring is 1. The summed E-state index contributed by atoms with van der Waals surface area (Å²) in [5.74, 6) is -0.212. The standard InChI is InChI=1S/C15H16N2O2/c1-10-3-8-14(11(2)18)15(19)17(10)9-12-4-6-13(16)7-5-12/h3-8H,9,16H2,1-2H3. The number of ketones is 1. The second-order valence-electron chi connectivity index (χ2n) is 4.58. The Hall–Kier alpha value is -2.36. The van der Waals surface area contributed by atoms with Gasteiger partial charge < -0.3 is 10.3 Å². The molecule has 1 aromatic carbocycles. The summed E-state index contributed by atoms with van der Waals surface area (Å²) < 4.78 is 1.60. The second-order valence-corrected chi connectivity index (χ2v) is 4.58. The number of rotatable bonds is 3. The molecule has 0 fully saturated rings. The molecule has 2 rings (SSSR count). The number of pyridine rings is 1. The predicted molar refractivity (Wildman–Crippen MR) is 75.4 cm³/mol. The number of hydrogen-bond donors (Lipinski definition) is 1. The summed E-state index contributed by atoms with van der Waals surface area (Å²) in [6.07, 6.45) is 0. The van der Waals surface area contributed by atoms with E-state index in [0.717, 1.165) is 11.3 Å². The first-order valence-corrected chi connectivity index (χ1v) is 6.05. The van der Waals surface area contributed by atoms with E-state index < -0.39 is 0 Å². The first-order valence-electron chi connectivity index (χ1n) is 6.05. The molecule has 1 aromatic heterocycles. The van der Waals surface area contributed by atoms with Crippen molar-refractivity contribution in [1.82, 2.24) is 4.57 Å². The summed E-state index contributed by atoms with van der Waals surface area (Å²) in [5.41, 5.74) is 8.09. The molecule has 0 bridgehead atoms. The van der Waals surface area contributed by atoms with E-state index >= 15 is 0 Å².